The summed E-state index contributed by atoms with van der Waals surface area (Å²) in [6.45, 7) is 2.23. The van der Waals surface area contributed by atoms with E-state index in [2.05, 4.69) is 42.6 Å². The van der Waals surface area contributed by atoms with Crippen LogP contribution in [0.2, 0.25) is 0 Å². The van der Waals surface area contributed by atoms with Gasteiger partial charge in [-0.3, -0.25) is 0 Å². The van der Waals surface area contributed by atoms with Crippen molar-refractivity contribution in [3.05, 3.63) is 108 Å². The molecule has 41 heavy (non-hydrogen) atoms. The van der Waals surface area contributed by atoms with Gasteiger partial charge < -0.3 is 30.7 Å². The van der Waals surface area contributed by atoms with Gasteiger partial charge in [-0.05, 0) is 49.1 Å². The maximum atomic E-state index is 12.0. The Kier molecular flexibility index (Phi) is 11.6. The number of carbonyl (C=O) groups is 4. The molecule has 10 nitrogen and oxygen atoms in total. The highest BCUT2D eigenvalue weighted by Crippen LogP contribution is 2.25. The zero-order chi connectivity index (χ0) is 29.8. The number of rotatable bonds is 9. The fraction of sp³-hybridized carbons (Fsp3) is 0.290. The Morgan fingerprint density at radius 2 is 1.17 bits per heavy atom. The van der Waals surface area contributed by atoms with Gasteiger partial charge in [0.25, 0.3) is 0 Å². The van der Waals surface area contributed by atoms with Crippen molar-refractivity contribution in [2.45, 2.75) is 56.5 Å². The summed E-state index contributed by atoms with van der Waals surface area (Å²) in [4.78, 5) is 46.8. The molecule has 1 fully saturated rings. The van der Waals surface area contributed by atoms with Gasteiger partial charge in [-0.1, -0.05) is 73.7 Å². The SMILES string of the molecule is CC[C@H]1CC[C@H](N)[C@H](c2ccccc2)N1.O=C(O[C@@H](C(=O)O)[C@@H](OC(=O)c1ccccc1)C(=O)O)c1ccccc1. The van der Waals surface area contributed by atoms with E-state index in [1.165, 1.54) is 66.9 Å². The van der Waals surface area contributed by atoms with Crippen LogP contribution in [0.25, 0.3) is 0 Å². The topological polar surface area (TPSA) is 165 Å². The van der Waals surface area contributed by atoms with Crippen LogP contribution in [0.1, 0.15) is 58.5 Å². The first kappa shape index (κ1) is 31.0. The molecular weight excluding hydrogens is 528 g/mol. The van der Waals surface area contributed by atoms with Gasteiger partial charge in [0.15, 0.2) is 0 Å². The van der Waals surface area contributed by atoms with Crippen molar-refractivity contribution in [2.24, 2.45) is 5.73 Å². The number of ether oxygens (including phenoxy) is 2. The number of benzene rings is 3. The fourth-order valence-electron chi connectivity index (χ4n) is 4.35. The van der Waals surface area contributed by atoms with Crippen LogP contribution in [0.5, 0.6) is 0 Å². The molecule has 0 saturated carbocycles. The molecule has 0 bridgehead atoms. The summed E-state index contributed by atoms with van der Waals surface area (Å²) in [5.74, 6) is -5.63. The van der Waals surface area contributed by atoms with Crippen LogP contribution in [0.15, 0.2) is 91.0 Å². The summed E-state index contributed by atoms with van der Waals surface area (Å²) >= 11 is 0. The molecule has 10 heteroatoms. The first-order valence-electron chi connectivity index (χ1n) is 13.3. The number of nitrogens with two attached hydrogens (primary N) is 1. The molecule has 0 aromatic heterocycles. The second-order valence-corrected chi connectivity index (χ2v) is 9.46. The Balaban J connectivity index is 0.000000260. The molecule has 0 radical (unpaired) electrons. The second kappa shape index (κ2) is 15.3. The number of carboxylic acids is 2. The molecule has 1 aliphatic heterocycles. The number of nitrogens with one attached hydrogen (secondary N) is 1. The third-order valence-corrected chi connectivity index (χ3v) is 6.59. The summed E-state index contributed by atoms with van der Waals surface area (Å²) in [5.41, 5.74) is 7.54. The van der Waals surface area contributed by atoms with Gasteiger partial charge in [0.2, 0.25) is 12.2 Å². The van der Waals surface area contributed by atoms with E-state index in [0.29, 0.717) is 12.1 Å². The van der Waals surface area contributed by atoms with E-state index in [9.17, 15) is 29.4 Å². The quantitative estimate of drug-likeness (QED) is 0.282. The number of esters is 2. The number of piperidine rings is 1. The van der Waals surface area contributed by atoms with E-state index in [1.807, 2.05) is 0 Å². The van der Waals surface area contributed by atoms with Crippen molar-refractivity contribution < 1.29 is 38.9 Å². The largest absolute Gasteiger partial charge is 0.478 e. The van der Waals surface area contributed by atoms with Crippen LogP contribution in [0.3, 0.4) is 0 Å². The lowest BCUT2D eigenvalue weighted by atomic mass is 9.89. The Bertz CT molecular complexity index is 1220. The van der Waals surface area contributed by atoms with Crippen molar-refractivity contribution in [1.82, 2.24) is 5.32 Å². The van der Waals surface area contributed by atoms with Crippen molar-refractivity contribution in [1.29, 1.82) is 0 Å². The predicted octanol–water partition coefficient (Wildman–Crippen LogP) is 3.82. The van der Waals surface area contributed by atoms with Crippen LogP contribution < -0.4 is 11.1 Å². The van der Waals surface area contributed by atoms with Crippen molar-refractivity contribution >= 4 is 23.9 Å². The predicted molar refractivity (Wildman–Crippen MR) is 150 cm³/mol. The third-order valence-electron chi connectivity index (χ3n) is 6.59. The molecule has 216 valence electrons. The molecule has 1 saturated heterocycles. The Morgan fingerprint density at radius 3 is 1.56 bits per heavy atom. The molecular formula is C31H34N2O8. The van der Waals surface area contributed by atoms with E-state index < -0.39 is 36.1 Å². The van der Waals surface area contributed by atoms with E-state index >= 15 is 0 Å². The molecule has 0 amide bonds. The van der Waals surface area contributed by atoms with E-state index in [-0.39, 0.29) is 17.2 Å². The van der Waals surface area contributed by atoms with Gasteiger partial charge in [-0.25, -0.2) is 19.2 Å². The Labute approximate surface area is 238 Å². The first-order chi connectivity index (χ1) is 19.7. The molecule has 0 unspecified atom stereocenters. The summed E-state index contributed by atoms with van der Waals surface area (Å²) in [6.07, 6.45) is -0.900. The lowest BCUT2D eigenvalue weighted by Crippen LogP contribution is -2.47. The minimum absolute atomic E-state index is 0.0253. The molecule has 1 aliphatic rings. The van der Waals surface area contributed by atoms with E-state index in [4.69, 9.17) is 15.2 Å². The Morgan fingerprint density at radius 1 is 0.756 bits per heavy atom. The van der Waals surface area contributed by atoms with Crippen LogP contribution >= 0.6 is 0 Å². The fourth-order valence-corrected chi connectivity index (χ4v) is 4.35. The molecule has 0 aliphatic carbocycles. The summed E-state index contributed by atoms with van der Waals surface area (Å²) in [5, 5.41) is 22.1. The molecule has 5 N–H and O–H groups in total. The molecule has 3 aromatic carbocycles. The summed E-state index contributed by atoms with van der Waals surface area (Å²) in [7, 11) is 0. The second-order valence-electron chi connectivity index (χ2n) is 9.46. The normalized spacial score (nSPS) is 19.4. The van der Waals surface area contributed by atoms with Crippen molar-refractivity contribution in [3.8, 4) is 0 Å². The number of hydrogen-bond donors (Lipinski definition) is 4. The highest BCUT2D eigenvalue weighted by molar-refractivity contribution is 5.95. The van der Waals surface area contributed by atoms with Crippen LogP contribution in [-0.4, -0.2) is 58.4 Å². The lowest BCUT2D eigenvalue weighted by molar-refractivity contribution is -0.166. The molecule has 0 spiro atoms. The minimum Gasteiger partial charge on any atom is -0.478 e. The lowest BCUT2D eigenvalue weighted by Gasteiger charge is -2.35. The van der Waals surface area contributed by atoms with Gasteiger partial charge in [0.1, 0.15) is 0 Å². The van der Waals surface area contributed by atoms with Gasteiger partial charge in [0, 0.05) is 18.1 Å². The van der Waals surface area contributed by atoms with Gasteiger partial charge in [-0.2, -0.15) is 0 Å². The zero-order valence-corrected chi connectivity index (χ0v) is 22.6. The Hall–Kier alpha value is -4.54. The van der Waals surface area contributed by atoms with Crippen LogP contribution in [0.4, 0.5) is 0 Å². The standard InChI is InChI=1S/C18H14O8.C13H20N2/c19-15(20)13(25-17(23)11-7-3-1-4-8-11)14(16(21)22)26-18(24)12-9-5-2-6-10-12;1-2-11-8-9-12(14)13(15-11)10-6-4-3-5-7-10/h1-10,13-14H,(H,19,20)(H,21,22);3-7,11-13,15H,2,8-9,14H2,1H3/t13-,14-;11-,12-,13-/m10/s1. The van der Waals surface area contributed by atoms with E-state index in [0.717, 1.165) is 6.42 Å². The number of carboxylic acid groups (broad SMARTS) is 2. The highest BCUT2D eigenvalue weighted by atomic mass is 16.6. The van der Waals surface area contributed by atoms with Crippen LogP contribution in [0, 0.1) is 0 Å². The maximum absolute atomic E-state index is 12.0. The highest BCUT2D eigenvalue weighted by Gasteiger charge is 2.41. The zero-order valence-electron chi connectivity index (χ0n) is 22.6. The van der Waals surface area contributed by atoms with Crippen molar-refractivity contribution in [3.63, 3.8) is 0 Å². The average Bonchev–Trinajstić information content (AvgIpc) is 3.00. The maximum Gasteiger partial charge on any atom is 0.349 e. The number of carbonyl (C=O) groups excluding carboxylic acids is 2. The molecule has 1 heterocycles. The number of hydrogen-bond acceptors (Lipinski definition) is 8. The number of aliphatic carboxylic acids is 2. The third kappa shape index (κ3) is 8.99. The monoisotopic (exact) mass is 562 g/mol. The van der Waals surface area contributed by atoms with Gasteiger partial charge in [-0.15, -0.1) is 0 Å². The van der Waals surface area contributed by atoms with E-state index in [1.54, 1.807) is 12.1 Å². The summed E-state index contributed by atoms with van der Waals surface area (Å²) < 4.78 is 9.52. The smallest absolute Gasteiger partial charge is 0.349 e. The van der Waals surface area contributed by atoms with Crippen LogP contribution in [-0.2, 0) is 19.1 Å². The van der Waals surface area contributed by atoms with Gasteiger partial charge in [0.05, 0.1) is 11.1 Å². The molecule has 4 rings (SSSR count). The minimum atomic E-state index is -2.21. The van der Waals surface area contributed by atoms with Crippen molar-refractivity contribution in [2.75, 3.05) is 0 Å². The van der Waals surface area contributed by atoms with Gasteiger partial charge >= 0.3 is 23.9 Å². The molecule has 5 atom stereocenters. The summed E-state index contributed by atoms with van der Waals surface area (Å²) in [6, 6.07) is 26.6. The average molecular weight is 563 g/mol. The molecule has 3 aromatic rings. The first-order valence-corrected chi connectivity index (χ1v) is 13.3.